The van der Waals surface area contributed by atoms with Crippen LogP contribution >= 0.6 is 15.9 Å². The van der Waals surface area contributed by atoms with E-state index in [9.17, 15) is 9.59 Å². The van der Waals surface area contributed by atoms with Gasteiger partial charge in [-0.1, -0.05) is 20.8 Å². The summed E-state index contributed by atoms with van der Waals surface area (Å²) in [6.07, 6.45) is 1.86. The number of benzene rings is 2. The summed E-state index contributed by atoms with van der Waals surface area (Å²) in [4.78, 5) is 24.4. The minimum absolute atomic E-state index is 0.114. The first kappa shape index (κ1) is 22.0. The average molecular weight is 447 g/mol. The number of carbonyl (C=O) groups is 2. The normalized spacial score (nSPS) is 10.6. The maximum Gasteiger partial charge on any atom is 0.255 e. The van der Waals surface area contributed by atoms with Crippen LogP contribution in [0, 0.1) is 5.92 Å². The molecule has 6 heteroatoms. The highest BCUT2D eigenvalue weighted by molar-refractivity contribution is 9.10. The molecule has 0 spiro atoms. The zero-order chi connectivity index (χ0) is 20.5. The highest BCUT2D eigenvalue weighted by Crippen LogP contribution is 2.27. The molecule has 2 aromatic carbocycles. The molecule has 28 heavy (non-hydrogen) atoms. The maximum atomic E-state index is 12.5. The van der Waals surface area contributed by atoms with Gasteiger partial charge in [0.15, 0.2) is 0 Å². The molecule has 0 saturated heterocycles. The molecule has 2 rings (SSSR count). The Bertz CT molecular complexity index is 804. The third kappa shape index (κ3) is 6.68. The summed E-state index contributed by atoms with van der Waals surface area (Å²) in [5.74, 6) is 0.960. The van der Waals surface area contributed by atoms with Gasteiger partial charge in [-0.15, -0.1) is 0 Å². The van der Waals surface area contributed by atoms with Crippen LogP contribution in [-0.2, 0) is 0 Å². The predicted molar refractivity (Wildman–Crippen MR) is 116 cm³/mol. The second-order valence-corrected chi connectivity index (χ2v) is 7.82. The minimum Gasteiger partial charge on any atom is -0.492 e. The van der Waals surface area contributed by atoms with Gasteiger partial charge < -0.3 is 15.4 Å². The monoisotopic (exact) mass is 446 g/mol. The lowest BCUT2D eigenvalue weighted by atomic mass is 10.1. The molecule has 0 bridgehead atoms. The molecule has 0 unspecified atom stereocenters. The largest absolute Gasteiger partial charge is 0.492 e. The van der Waals surface area contributed by atoms with E-state index >= 15 is 0 Å². The Kier molecular flexibility index (Phi) is 8.51. The molecule has 0 fully saturated rings. The lowest BCUT2D eigenvalue weighted by Crippen LogP contribution is -2.23. The summed E-state index contributed by atoms with van der Waals surface area (Å²) in [5, 5.41) is 5.66. The molecular formula is C22H27BrN2O3. The zero-order valence-corrected chi connectivity index (χ0v) is 18.1. The van der Waals surface area contributed by atoms with Crippen LogP contribution in [0.25, 0.3) is 0 Å². The van der Waals surface area contributed by atoms with Gasteiger partial charge in [0.2, 0.25) is 0 Å². The van der Waals surface area contributed by atoms with Crippen molar-refractivity contribution < 1.29 is 14.3 Å². The quantitative estimate of drug-likeness (QED) is 0.551. The third-order valence-electron chi connectivity index (χ3n) is 4.09. The second kappa shape index (κ2) is 10.9. The SMILES string of the molecule is CCCNC(=O)c1ccc(NC(=O)c2ccc(OCCC(C)C)c(Br)c2)cc1. The number of ether oxygens (including phenoxy) is 1. The molecule has 150 valence electrons. The van der Waals surface area contributed by atoms with E-state index in [0.29, 0.717) is 35.9 Å². The van der Waals surface area contributed by atoms with Crippen molar-refractivity contribution in [3.63, 3.8) is 0 Å². The molecule has 2 amide bonds. The van der Waals surface area contributed by atoms with Crippen molar-refractivity contribution in [1.29, 1.82) is 0 Å². The number of anilines is 1. The number of halogens is 1. The van der Waals surface area contributed by atoms with E-state index in [2.05, 4.69) is 40.4 Å². The summed E-state index contributed by atoms with van der Waals surface area (Å²) in [6, 6.07) is 12.1. The first-order valence-electron chi connectivity index (χ1n) is 9.52. The van der Waals surface area contributed by atoms with Crippen molar-refractivity contribution in [2.24, 2.45) is 5.92 Å². The van der Waals surface area contributed by atoms with Crippen LogP contribution in [0.3, 0.4) is 0 Å². The van der Waals surface area contributed by atoms with E-state index in [1.54, 1.807) is 42.5 Å². The van der Waals surface area contributed by atoms with Crippen LogP contribution in [-0.4, -0.2) is 25.0 Å². The van der Waals surface area contributed by atoms with Crippen molar-refractivity contribution in [3.05, 3.63) is 58.1 Å². The molecule has 0 aliphatic rings. The molecule has 0 radical (unpaired) electrons. The number of rotatable bonds is 9. The molecule has 0 atom stereocenters. The van der Waals surface area contributed by atoms with Gasteiger partial charge in [-0.25, -0.2) is 0 Å². The van der Waals surface area contributed by atoms with Gasteiger partial charge in [0.1, 0.15) is 5.75 Å². The van der Waals surface area contributed by atoms with Gasteiger partial charge in [0.05, 0.1) is 11.1 Å². The van der Waals surface area contributed by atoms with Gasteiger partial charge in [0, 0.05) is 23.4 Å². The van der Waals surface area contributed by atoms with E-state index in [1.807, 2.05) is 6.92 Å². The van der Waals surface area contributed by atoms with Gasteiger partial charge >= 0.3 is 0 Å². The second-order valence-electron chi connectivity index (χ2n) is 6.96. The first-order valence-corrected chi connectivity index (χ1v) is 10.3. The molecule has 0 aromatic heterocycles. The lowest BCUT2D eigenvalue weighted by Gasteiger charge is -2.11. The minimum atomic E-state index is -0.224. The Balaban J connectivity index is 1.97. The van der Waals surface area contributed by atoms with Gasteiger partial charge in [-0.3, -0.25) is 9.59 Å². The number of hydrogen-bond donors (Lipinski definition) is 2. The van der Waals surface area contributed by atoms with Crippen molar-refractivity contribution in [2.45, 2.75) is 33.6 Å². The van der Waals surface area contributed by atoms with E-state index < -0.39 is 0 Å². The van der Waals surface area contributed by atoms with E-state index in [0.717, 1.165) is 23.1 Å². The van der Waals surface area contributed by atoms with Gasteiger partial charge in [-0.05, 0) is 77.2 Å². The molecule has 2 N–H and O–H groups in total. The third-order valence-corrected chi connectivity index (χ3v) is 4.71. The lowest BCUT2D eigenvalue weighted by molar-refractivity contribution is 0.0953. The average Bonchev–Trinajstić information content (AvgIpc) is 2.67. The fourth-order valence-corrected chi connectivity index (χ4v) is 2.91. The Morgan fingerprint density at radius 3 is 2.32 bits per heavy atom. The standard InChI is InChI=1S/C22H27BrN2O3/c1-4-12-24-21(26)16-5-8-18(9-6-16)25-22(27)17-7-10-20(19(23)14-17)28-13-11-15(2)3/h5-10,14-15H,4,11-13H2,1-3H3,(H,24,26)(H,25,27). The van der Waals surface area contributed by atoms with Gasteiger partial charge in [-0.2, -0.15) is 0 Å². The summed E-state index contributed by atoms with van der Waals surface area (Å²) >= 11 is 3.46. The highest BCUT2D eigenvalue weighted by atomic mass is 79.9. The topological polar surface area (TPSA) is 67.4 Å². The summed E-state index contributed by atoms with van der Waals surface area (Å²) in [7, 11) is 0. The highest BCUT2D eigenvalue weighted by Gasteiger charge is 2.11. The number of nitrogens with one attached hydrogen (secondary N) is 2. The molecule has 2 aromatic rings. The predicted octanol–water partition coefficient (Wildman–Crippen LogP) is 5.27. The molecule has 0 heterocycles. The van der Waals surface area contributed by atoms with E-state index in [1.165, 1.54) is 0 Å². The summed E-state index contributed by atoms with van der Waals surface area (Å²) in [5.41, 5.74) is 1.72. The van der Waals surface area contributed by atoms with Crippen molar-refractivity contribution in [2.75, 3.05) is 18.5 Å². The fourth-order valence-electron chi connectivity index (χ4n) is 2.41. The zero-order valence-electron chi connectivity index (χ0n) is 16.5. The van der Waals surface area contributed by atoms with Crippen LogP contribution < -0.4 is 15.4 Å². The Labute approximate surface area is 175 Å². The Morgan fingerprint density at radius 1 is 1.04 bits per heavy atom. The number of hydrogen-bond acceptors (Lipinski definition) is 3. The summed E-state index contributed by atoms with van der Waals surface area (Å²) < 4.78 is 6.49. The Morgan fingerprint density at radius 2 is 1.71 bits per heavy atom. The maximum absolute atomic E-state index is 12.5. The van der Waals surface area contributed by atoms with E-state index in [4.69, 9.17) is 4.74 Å². The molecule has 0 aliphatic heterocycles. The molecule has 0 saturated carbocycles. The van der Waals surface area contributed by atoms with Crippen LogP contribution in [0.5, 0.6) is 5.75 Å². The molecular weight excluding hydrogens is 420 g/mol. The first-order chi connectivity index (χ1) is 13.4. The van der Waals surface area contributed by atoms with Crippen molar-refractivity contribution in [1.82, 2.24) is 5.32 Å². The number of carbonyl (C=O) groups excluding carboxylic acids is 2. The van der Waals surface area contributed by atoms with E-state index in [-0.39, 0.29) is 11.8 Å². The van der Waals surface area contributed by atoms with Gasteiger partial charge in [0.25, 0.3) is 11.8 Å². The Hall–Kier alpha value is -2.34. The molecule has 5 nitrogen and oxygen atoms in total. The summed E-state index contributed by atoms with van der Waals surface area (Å²) in [6.45, 7) is 7.58. The van der Waals surface area contributed by atoms with Crippen molar-refractivity contribution in [3.8, 4) is 5.75 Å². The van der Waals surface area contributed by atoms with Crippen LogP contribution in [0.2, 0.25) is 0 Å². The smallest absolute Gasteiger partial charge is 0.255 e. The fraction of sp³-hybridized carbons (Fsp3) is 0.364. The van der Waals surface area contributed by atoms with Crippen molar-refractivity contribution >= 4 is 33.4 Å². The molecule has 0 aliphatic carbocycles. The van der Waals surface area contributed by atoms with Crippen LogP contribution in [0.4, 0.5) is 5.69 Å². The number of amides is 2. The van der Waals surface area contributed by atoms with Crippen LogP contribution in [0.1, 0.15) is 54.3 Å². The van der Waals surface area contributed by atoms with Crippen LogP contribution in [0.15, 0.2) is 46.9 Å².